The number of pyridine rings is 1. The fourth-order valence-corrected chi connectivity index (χ4v) is 1.99. The van der Waals surface area contributed by atoms with Crippen LogP contribution in [0.1, 0.15) is 11.3 Å². The molecule has 0 atom stereocenters. The number of carbonyl (C=O) groups excluding carboxylic acids is 2. The van der Waals surface area contributed by atoms with Gasteiger partial charge in [0.15, 0.2) is 0 Å². The van der Waals surface area contributed by atoms with E-state index in [0.717, 1.165) is 17.0 Å². The van der Waals surface area contributed by atoms with Gasteiger partial charge in [-0.25, -0.2) is 4.98 Å². The van der Waals surface area contributed by atoms with Gasteiger partial charge in [-0.2, -0.15) is 13.2 Å². The second kappa shape index (κ2) is 5.28. The Balaban J connectivity index is 2.50. The number of hydrogen-bond acceptors (Lipinski definition) is 5. The Morgan fingerprint density at radius 2 is 1.86 bits per heavy atom. The van der Waals surface area contributed by atoms with Gasteiger partial charge in [-0.15, -0.1) is 0 Å². The number of aromatic nitrogens is 1. The maximum Gasteiger partial charge on any atom is 0.433 e. The third kappa shape index (κ3) is 3.27. The van der Waals surface area contributed by atoms with Crippen LogP contribution < -0.4 is 16.0 Å². The van der Waals surface area contributed by atoms with E-state index in [2.05, 4.69) is 4.98 Å². The molecule has 0 saturated carbocycles. The fraction of sp³-hybridized carbons (Fsp3) is 0.273. The van der Waals surface area contributed by atoms with Crippen molar-refractivity contribution in [3.63, 3.8) is 0 Å². The van der Waals surface area contributed by atoms with Gasteiger partial charge in [-0.05, 0) is 12.1 Å². The van der Waals surface area contributed by atoms with Crippen molar-refractivity contribution in [2.75, 3.05) is 18.0 Å². The highest BCUT2D eigenvalue weighted by Crippen LogP contribution is 2.30. The number of rotatable bonds is 2. The molecule has 6 nitrogen and oxygen atoms in total. The average Bonchev–Trinajstić information content (AvgIpc) is 2.35. The molecular weight excluding hydrogens is 309 g/mol. The van der Waals surface area contributed by atoms with Crippen LogP contribution in [0.3, 0.4) is 0 Å². The van der Waals surface area contributed by atoms with Crippen LogP contribution in [0.5, 0.6) is 0 Å². The standard InChI is InChI=1S/C11H9F3N4O2S/c12-11(13,14)6-2-1-5(9(15)21)10(16-6)18-3-7(19)17-8(20)4-18/h1-2H,3-4H2,(H2,15,21)(H,17,19,20). The highest BCUT2D eigenvalue weighted by molar-refractivity contribution is 7.80. The molecule has 1 aromatic heterocycles. The van der Waals surface area contributed by atoms with Gasteiger partial charge in [0, 0.05) is 0 Å². The Morgan fingerprint density at radius 1 is 1.29 bits per heavy atom. The molecule has 0 radical (unpaired) electrons. The maximum atomic E-state index is 12.7. The topological polar surface area (TPSA) is 88.3 Å². The summed E-state index contributed by atoms with van der Waals surface area (Å²) in [6, 6.07) is 1.81. The predicted octanol–water partition coefficient (Wildman–Crippen LogP) is 0.197. The van der Waals surface area contributed by atoms with Crippen LogP contribution in [0.15, 0.2) is 12.1 Å². The number of piperazine rings is 1. The van der Waals surface area contributed by atoms with Crippen molar-refractivity contribution in [1.82, 2.24) is 10.3 Å². The Morgan fingerprint density at radius 3 is 2.33 bits per heavy atom. The molecule has 2 heterocycles. The predicted molar refractivity (Wildman–Crippen MR) is 70.5 cm³/mol. The number of thiocarbonyl (C=S) groups is 1. The summed E-state index contributed by atoms with van der Waals surface area (Å²) in [5.74, 6) is -1.51. The number of anilines is 1. The smallest absolute Gasteiger partial charge is 0.389 e. The third-order valence-electron chi connectivity index (χ3n) is 2.68. The molecule has 1 aliphatic rings. The number of hydrogen-bond donors (Lipinski definition) is 2. The van der Waals surface area contributed by atoms with Crippen molar-refractivity contribution >= 4 is 34.8 Å². The molecule has 112 valence electrons. The van der Waals surface area contributed by atoms with Crippen LogP contribution in [-0.4, -0.2) is 34.9 Å². The Hall–Kier alpha value is -2.23. The second-order valence-corrected chi connectivity index (χ2v) is 4.70. The van der Waals surface area contributed by atoms with E-state index in [-0.39, 0.29) is 29.5 Å². The number of imide groups is 1. The van der Waals surface area contributed by atoms with Crippen LogP contribution in [0.25, 0.3) is 0 Å². The number of nitrogens with two attached hydrogens (primary N) is 1. The van der Waals surface area contributed by atoms with Crippen LogP contribution in [0.4, 0.5) is 19.0 Å². The number of alkyl halides is 3. The third-order valence-corrected chi connectivity index (χ3v) is 2.90. The molecule has 10 heteroatoms. The molecule has 1 saturated heterocycles. The van der Waals surface area contributed by atoms with Crippen LogP contribution in [0.2, 0.25) is 0 Å². The summed E-state index contributed by atoms with van der Waals surface area (Å²) < 4.78 is 38.2. The normalized spacial score (nSPS) is 15.9. The van der Waals surface area contributed by atoms with E-state index in [0.29, 0.717) is 0 Å². The molecule has 1 fully saturated rings. The molecule has 0 aromatic carbocycles. The lowest BCUT2D eigenvalue weighted by atomic mass is 10.2. The lowest BCUT2D eigenvalue weighted by Gasteiger charge is -2.28. The van der Waals surface area contributed by atoms with Gasteiger partial charge in [0.25, 0.3) is 0 Å². The molecule has 3 N–H and O–H groups in total. The first-order chi connectivity index (χ1) is 9.68. The van der Waals surface area contributed by atoms with E-state index in [1.54, 1.807) is 0 Å². The highest BCUT2D eigenvalue weighted by Gasteiger charge is 2.35. The van der Waals surface area contributed by atoms with Gasteiger partial charge < -0.3 is 10.6 Å². The van der Waals surface area contributed by atoms with Gasteiger partial charge >= 0.3 is 6.18 Å². The highest BCUT2D eigenvalue weighted by atomic mass is 32.1. The molecule has 1 aliphatic heterocycles. The zero-order valence-corrected chi connectivity index (χ0v) is 11.2. The van der Waals surface area contributed by atoms with Crippen molar-refractivity contribution in [2.24, 2.45) is 5.73 Å². The molecule has 1 aromatic rings. The van der Waals surface area contributed by atoms with Crippen LogP contribution >= 0.6 is 12.2 Å². The first kappa shape index (κ1) is 15.2. The van der Waals surface area contributed by atoms with Gasteiger partial charge in [0.1, 0.15) is 16.5 Å². The van der Waals surface area contributed by atoms with E-state index < -0.39 is 23.7 Å². The van der Waals surface area contributed by atoms with Crippen LogP contribution in [0, 0.1) is 0 Å². The van der Waals surface area contributed by atoms with Gasteiger partial charge in [-0.1, -0.05) is 12.2 Å². The molecule has 2 rings (SSSR count). The summed E-state index contributed by atoms with van der Waals surface area (Å²) in [4.78, 5) is 27.0. The largest absolute Gasteiger partial charge is 0.433 e. The molecule has 0 spiro atoms. The van der Waals surface area contributed by atoms with Crippen molar-refractivity contribution in [1.29, 1.82) is 0 Å². The molecule has 0 unspecified atom stereocenters. The number of carbonyl (C=O) groups is 2. The Labute approximate surface area is 122 Å². The van der Waals surface area contributed by atoms with Gasteiger partial charge in [0.05, 0.1) is 18.7 Å². The summed E-state index contributed by atoms with van der Waals surface area (Å²) in [6.45, 7) is -0.620. The minimum Gasteiger partial charge on any atom is -0.389 e. The number of nitrogens with zero attached hydrogens (tertiary/aromatic N) is 2. The zero-order valence-electron chi connectivity index (χ0n) is 10.4. The first-order valence-corrected chi connectivity index (χ1v) is 6.05. The van der Waals surface area contributed by atoms with Crippen molar-refractivity contribution in [2.45, 2.75) is 6.18 Å². The van der Waals surface area contributed by atoms with Crippen LogP contribution in [-0.2, 0) is 15.8 Å². The first-order valence-electron chi connectivity index (χ1n) is 5.64. The van der Waals surface area contributed by atoms with Crippen molar-refractivity contribution in [3.8, 4) is 0 Å². The van der Waals surface area contributed by atoms with E-state index in [9.17, 15) is 22.8 Å². The Bertz CT molecular complexity index is 616. The SMILES string of the molecule is NC(=S)c1ccc(C(F)(F)F)nc1N1CC(=O)NC(=O)C1. The van der Waals surface area contributed by atoms with E-state index >= 15 is 0 Å². The minimum atomic E-state index is -4.66. The van der Waals surface area contributed by atoms with E-state index in [1.807, 2.05) is 5.32 Å². The van der Waals surface area contributed by atoms with Crippen molar-refractivity contribution in [3.05, 3.63) is 23.4 Å². The summed E-state index contributed by atoms with van der Waals surface area (Å²) in [5, 5.41) is 2.04. The monoisotopic (exact) mass is 318 g/mol. The molecular formula is C11H9F3N4O2S. The fourth-order valence-electron chi connectivity index (χ4n) is 1.83. The second-order valence-electron chi connectivity index (χ2n) is 4.26. The summed E-state index contributed by atoms with van der Waals surface area (Å²) in [5.41, 5.74) is 4.36. The zero-order chi connectivity index (χ0) is 15.8. The summed E-state index contributed by atoms with van der Waals surface area (Å²) >= 11 is 4.76. The average molecular weight is 318 g/mol. The molecule has 2 amide bonds. The number of nitrogens with one attached hydrogen (secondary N) is 1. The Kier molecular flexibility index (Phi) is 3.81. The summed E-state index contributed by atoms with van der Waals surface area (Å²) in [6.07, 6.45) is -4.66. The van der Waals surface area contributed by atoms with Crippen molar-refractivity contribution < 1.29 is 22.8 Å². The molecule has 0 bridgehead atoms. The quantitative estimate of drug-likeness (QED) is 0.598. The number of amides is 2. The van der Waals surface area contributed by atoms with E-state index in [4.69, 9.17) is 18.0 Å². The molecule has 21 heavy (non-hydrogen) atoms. The summed E-state index contributed by atoms with van der Waals surface area (Å²) in [7, 11) is 0. The lowest BCUT2D eigenvalue weighted by Crippen LogP contribution is -2.52. The molecule has 0 aliphatic carbocycles. The maximum absolute atomic E-state index is 12.7. The van der Waals surface area contributed by atoms with E-state index in [1.165, 1.54) is 0 Å². The number of halogens is 3. The minimum absolute atomic E-state index is 0.0699. The van der Waals surface area contributed by atoms with Gasteiger partial charge in [0.2, 0.25) is 11.8 Å². The van der Waals surface area contributed by atoms with Gasteiger partial charge in [-0.3, -0.25) is 14.9 Å². The lowest BCUT2D eigenvalue weighted by molar-refractivity contribution is -0.141.